The molecule has 0 spiro atoms. The van der Waals surface area contributed by atoms with Crippen molar-refractivity contribution in [2.24, 2.45) is 0 Å². The summed E-state index contributed by atoms with van der Waals surface area (Å²) in [6.07, 6.45) is 3.58. The predicted octanol–water partition coefficient (Wildman–Crippen LogP) is 2.60. The first-order valence-corrected chi connectivity index (χ1v) is 7.94. The number of imidazole rings is 1. The van der Waals surface area contributed by atoms with Crippen molar-refractivity contribution < 1.29 is 9.32 Å². The first-order valence-electron chi connectivity index (χ1n) is 6.95. The molecular formula is C15H15N5O2S. The molecule has 0 aliphatic rings. The molecule has 1 N–H and O–H groups in total. The van der Waals surface area contributed by atoms with Crippen LogP contribution in [0.2, 0.25) is 0 Å². The van der Waals surface area contributed by atoms with Crippen LogP contribution in [0.5, 0.6) is 0 Å². The molecule has 1 amide bonds. The number of aromatic nitrogens is 4. The van der Waals surface area contributed by atoms with E-state index in [2.05, 4.69) is 26.5 Å². The third kappa shape index (κ3) is 3.78. The second-order valence-corrected chi connectivity index (χ2v) is 5.84. The number of nitrogens with one attached hydrogen (secondary N) is 1. The van der Waals surface area contributed by atoms with E-state index in [0.29, 0.717) is 5.82 Å². The number of aryl methyl sites for hydroxylation is 2. The lowest BCUT2D eigenvalue weighted by Gasteiger charge is -2.07. The van der Waals surface area contributed by atoms with Gasteiger partial charge in [0.05, 0.1) is 5.75 Å². The summed E-state index contributed by atoms with van der Waals surface area (Å²) in [6.45, 7) is 3.72. The lowest BCUT2D eigenvalue weighted by atomic mass is 10.2. The maximum absolute atomic E-state index is 11.9. The lowest BCUT2D eigenvalue weighted by molar-refractivity contribution is -0.114. The Morgan fingerprint density at radius 2 is 2.26 bits per heavy atom. The second-order valence-electron chi connectivity index (χ2n) is 4.90. The average molecular weight is 329 g/mol. The molecule has 0 fully saturated rings. The first kappa shape index (κ1) is 15.3. The molecule has 0 radical (unpaired) electrons. The summed E-state index contributed by atoms with van der Waals surface area (Å²) in [5.41, 5.74) is 2.18. The van der Waals surface area contributed by atoms with Gasteiger partial charge in [-0.2, -0.15) is 4.98 Å². The lowest BCUT2D eigenvalue weighted by Crippen LogP contribution is -2.14. The summed E-state index contributed by atoms with van der Waals surface area (Å²) in [7, 11) is 0. The number of anilines is 1. The number of carbonyl (C=O) groups excluding carboxylic acids is 1. The summed E-state index contributed by atoms with van der Waals surface area (Å²) < 4.78 is 6.80. The molecule has 0 unspecified atom stereocenters. The van der Waals surface area contributed by atoms with E-state index in [9.17, 15) is 4.79 Å². The van der Waals surface area contributed by atoms with Crippen molar-refractivity contribution in [1.29, 1.82) is 0 Å². The Balaban J connectivity index is 1.65. The van der Waals surface area contributed by atoms with Crippen molar-refractivity contribution in [3.63, 3.8) is 0 Å². The minimum Gasteiger partial charge on any atom is -0.315 e. The molecule has 0 saturated heterocycles. The zero-order valence-electron chi connectivity index (χ0n) is 12.7. The highest BCUT2D eigenvalue weighted by molar-refractivity contribution is 7.99. The summed E-state index contributed by atoms with van der Waals surface area (Å²) in [5.74, 6) is 0.449. The Morgan fingerprint density at radius 3 is 3.00 bits per heavy atom. The van der Waals surface area contributed by atoms with Gasteiger partial charge in [-0.25, -0.2) is 4.98 Å². The van der Waals surface area contributed by atoms with E-state index in [4.69, 9.17) is 4.52 Å². The maximum atomic E-state index is 11.9. The Bertz CT molecular complexity index is 827. The van der Waals surface area contributed by atoms with Gasteiger partial charge in [-0.15, -0.1) is 0 Å². The molecule has 8 heteroatoms. The molecule has 0 bridgehead atoms. The first-order chi connectivity index (χ1) is 11.1. The molecule has 0 atom stereocenters. The average Bonchev–Trinajstić information content (AvgIpc) is 3.14. The standard InChI is InChI=1S/C15H15N5O2S/c1-10-4-3-5-12(8-10)20-7-6-16-15(20)23-9-13(21)18-14-17-11(2)19-22-14/h3-8H,9H2,1-2H3,(H,17,18,19,21). The van der Waals surface area contributed by atoms with Crippen LogP contribution in [0.15, 0.2) is 46.3 Å². The van der Waals surface area contributed by atoms with Crippen molar-refractivity contribution >= 4 is 23.7 Å². The van der Waals surface area contributed by atoms with E-state index in [1.807, 2.05) is 35.9 Å². The Labute approximate surface area is 137 Å². The minimum absolute atomic E-state index is 0.107. The highest BCUT2D eigenvalue weighted by atomic mass is 32.2. The van der Waals surface area contributed by atoms with Gasteiger partial charge in [-0.1, -0.05) is 29.1 Å². The summed E-state index contributed by atoms with van der Waals surface area (Å²) in [6, 6.07) is 8.19. The van der Waals surface area contributed by atoms with Gasteiger partial charge in [-0.3, -0.25) is 14.7 Å². The highest BCUT2D eigenvalue weighted by Gasteiger charge is 2.11. The molecule has 2 aromatic heterocycles. The molecule has 2 heterocycles. The fraction of sp³-hybridized carbons (Fsp3) is 0.200. The van der Waals surface area contributed by atoms with Crippen LogP contribution in [-0.2, 0) is 4.79 Å². The van der Waals surface area contributed by atoms with Crippen LogP contribution >= 0.6 is 11.8 Å². The van der Waals surface area contributed by atoms with E-state index < -0.39 is 0 Å². The van der Waals surface area contributed by atoms with Crippen molar-refractivity contribution in [2.75, 3.05) is 11.1 Å². The van der Waals surface area contributed by atoms with Crippen molar-refractivity contribution in [2.45, 2.75) is 19.0 Å². The smallest absolute Gasteiger partial charge is 0.315 e. The molecule has 23 heavy (non-hydrogen) atoms. The van der Waals surface area contributed by atoms with Crippen molar-refractivity contribution in [1.82, 2.24) is 19.7 Å². The monoisotopic (exact) mass is 329 g/mol. The number of rotatable bonds is 5. The summed E-state index contributed by atoms with van der Waals surface area (Å²) in [5, 5.41) is 6.92. The van der Waals surface area contributed by atoms with Crippen LogP contribution in [0.4, 0.5) is 6.01 Å². The summed E-state index contributed by atoms with van der Waals surface area (Å²) >= 11 is 1.34. The van der Waals surface area contributed by atoms with Gasteiger partial charge in [-0.05, 0) is 31.5 Å². The van der Waals surface area contributed by atoms with Gasteiger partial charge in [0.1, 0.15) is 0 Å². The molecule has 3 rings (SSSR count). The van der Waals surface area contributed by atoms with Gasteiger partial charge < -0.3 is 4.52 Å². The topological polar surface area (TPSA) is 85.8 Å². The van der Waals surface area contributed by atoms with E-state index >= 15 is 0 Å². The van der Waals surface area contributed by atoms with Crippen LogP contribution in [0.25, 0.3) is 5.69 Å². The zero-order chi connectivity index (χ0) is 16.2. The number of hydrogen-bond donors (Lipinski definition) is 1. The molecular weight excluding hydrogens is 314 g/mol. The predicted molar refractivity (Wildman–Crippen MR) is 86.7 cm³/mol. The number of benzene rings is 1. The fourth-order valence-corrected chi connectivity index (χ4v) is 2.78. The van der Waals surface area contributed by atoms with Crippen LogP contribution in [0, 0.1) is 13.8 Å². The normalized spacial score (nSPS) is 10.7. The van der Waals surface area contributed by atoms with Crippen molar-refractivity contribution in [3.8, 4) is 5.69 Å². The van der Waals surface area contributed by atoms with E-state index in [1.54, 1.807) is 13.1 Å². The molecule has 0 aliphatic heterocycles. The van der Waals surface area contributed by atoms with Gasteiger partial charge >= 0.3 is 6.01 Å². The summed E-state index contributed by atoms with van der Waals surface area (Å²) in [4.78, 5) is 20.2. The van der Waals surface area contributed by atoms with Gasteiger partial charge in [0.2, 0.25) is 5.91 Å². The molecule has 1 aromatic carbocycles. The quantitative estimate of drug-likeness (QED) is 0.724. The van der Waals surface area contributed by atoms with Gasteiger partial charge in [0, 0.05) is 18.1 Å². The van der Waals surface area contributed by atoms with Crippen LogP contribution in [0.3, 0.4) is 0 Å². The largest absolute Gasteiger partial charge is 0.328 e. The third-order valence-electron chi connectivity index (χ3n) is 2.99. The molecule has 118 valence electrons. The van der Waals surface area contributed by atoms with E-state index in [-0.39, 0.29) is 17.7 Å². The number of nitrogens with zero attached hydrogens (tertiary/aromatic N) is 4. The van der Waals surface area contributed by atoms with Gasteiger partial charge in [0.25, 0.3) is 0 Å². The van der Waals surface area contributed by atoms with Gasteiger partial charge in [0.15, 0.2) is 11.0 Å². The molecule has 0 saturated carbocycles. The van der Waals surface area contributed by atoms with E-state index in [1.165, 1.54) is 11.8 Å². The number of thioether (sulfide) groups is 1. The van der Waals surface area contributed by atoms with Crippen LogP contribution in [0.1, 0.15) is 11.4 Å². The van der Waals surface area contributed by atoms with Crippen LogP contribution < -0.4 is 5.32 Å². The zero-order valence-corrected chi connectivity index (χ0v) is 13.5. The van der Waals surface area contributed by atoms with Crippen molar-refractivity contribution in [3.05, 3.63) is 48.0 Å². The molecule has 7 nitrogen and oxygen atoms in total. The Hall–Kier alpha value is -2.61. The number of carbonyl (C=O) groups is 1. The highest BCUT2D eigenvalue weighted by Crippen LogP contribution is 2.21. The molecule has 0 aliphatic carbocycles. The number of hydrogen-bond acceptors (Lipinski definition) is 6. The SMILES string of the molecule is Cc1cccc(-n2ccnc2SCC(=O)Nc2nc(C)no2)c1. The second kappa shape index (κ2) is 6.66. The Morgan fingerprint density at radius 1 is 1.39 bits per heavy atom. The minimum atomic E-state index is -0.225. The molecule has 3 aromatic rings. The van der Waals surface area contributed by atoms with Crippen LogP contribution in [-0.4, -0.2) is 31.4 Å². The maximum Gasteiger partial charge on any atom is 0.328 e. The fourth-order valence-electron chi connectivity index (χ4n) is 2.00. The van der Waals surface area contributed by atoms with E-state index in [0.717, 1.165) is 16.4 Å². The number of amides is 1. The third-order valence-corrected chi connectivity index (χ3v) is 3.96. The Kier molecular flexibility index (Phi) is 4.42.